The summed E-state index contributed by atoms with van der Waals surface area (Å²) in [6, 6.07) is 6.64. The average Bonchev–Trinajstić information content (AvgIpc) is 3.25. The smallest absolute Gasteiger partial charge is 0.193 e. The number of nitrogens with one attached hydrogen (secondary N) is 1. The molecule has 0 aromatic heterocycles. The van der Waals surface area contributed by atoms with Crippen LogP contribution in [-0.4, -0.2) is 61.6 Å². The number of benzene rings is 1. The topological polar surface area (TPSA) is 30.9 Å². The molecule has 1 N–H and O–H groups in total. The number of rotatable bonds is 4. The largest absolute Gasteiger partial charge is 0.356 e. The molecule has 0 radical (unpaired) electrons. The van der Waals surface area contributed by atoms with Crippen molar-refractivity contribution in [2.75, 3.05) is 39.8 Å². The molecule has 4 nitrogen and oxygen atoms in total. The molecule has 1 aromatic carbocycles. The monoisotopic (exact) mass is 540 g/mol. The highest BCUT2D eigenvalue weighted by molar-refractivity contribution is 14.0. The van der Waals surface area contributed by atoms with E-state index in [1.165, 1.54) is 37.9 Å². The second-order valence-electron chi connectivity index (χ2n) is 6.59. The van der Waals surface area contributed by atoms with E-state index in [9.17, 15) is 0 Å². The van der Waals surface area contributed by atoms with E-state index in [4.69, 9.17) is 11.6 Å². The van der Waals surface area contributed by atoms with Crippen molar-refractivity contribution in [3.8, 4) is 0 Å². The van der Waals surface area contributed by atoms with Crippen LogP contribution in [0.3, 0.4) is 0 Å². The third-order valence-electron chi connectivity index (χ3n) is 5.02. The first-order valence-electron chi connectivity index (χ1n) is 8.81. The summed E-state index contributed by atoms with van der Waals surface area (Å²) < 4.78 is 1.11. The highest BCUT2D eigenvalue weighted by atomic mass is 127. The van der Waals surface area contributed by atoms with Crippen LogP contribution in [0.25, 0.3) is 0 Å². The zero-order chi connectivity index (χ0) is 16.9. The molecule has 1 atom stereocenters. The van der Waals surface area contributed by atoms with Gasteiger partial charge in [0.15, 0.2) is 5.96 Å². The van der Waals surface area contributed by atoms with E-state index in [1.54, 1.807) is 0 Å². The second kappa shape index (κ2) is 10.3. The summed E-state index contributed by atoms with van der Waals surface area (Å²) in [5.74, 6) is 1.02. The number of hydrogen-bond acceptors (Lipinski definition) is 2. The van der Waals surface area contributed by atoms with Gasteiger partial charge in [0, 0.05) is 42.2 Å². The second-order valence-corrected chi connectivity index (χ2v) is 7.88. The summed E-state index contributed by atoms with van der Waals surface area (Å²) in [5, 5.41) is 4.29. The van der Waals surface area contributed by atoms with Crippen LogP contribution in [0.2, 0.25) is 5.02 Å². The summed E-state index contributed by atoms with van der Waals surface area (Å²) in [7, 11) is 1.88. The molecule has 2 saturated heterocycles. The lowest BCUT2D eigenvalue weighted by Gasteiger charge is -2.25. The molecule has 0 bridgehead atoms. The van der Waals surface area contributed by atoms with Crippen LogP contribution < -0.4 is 5.32 Å². The van der Waals surface area contributed by atoms with Crippen LogP contribution in [0.5, 0.6) is 0 Å². The molecule has 3 rings (SSSR count). The van der Waals surface area contributed by atoms with Gasteiger partial charge in [0.25, 0.3) is 0 Å². The van der Waals surface area contributed by atoms with E-state index < -0.39 is 0 Å². The Morgan fingerprint density at radius 2 is 2.08 bits per heavy atom. The number of guanidine groups is 1. The molecule has 2 aliphatic rings. The van der Waals surface area contributed by atoms with Crippen LogP contribution in [0.1, 0.15) is 24.8 Å². The van der Waals surface area contributed by atoms with Gasteiger partial charge in [-0.05, 0) is 62.5 Å². The van der Waals surface area contributed by atoms with E-state index in [0.29, 0.717) is 6.04 Å². The molecule has 7 heteroatoms. The standard InChI is InChI=1S/C18H26BrClN4.HI/c1-21-18(22-8-6-14-12-15(20)4-5-17(14)19)24-11-7-16(13-24)23-9-2-3-10-23;/h4-5,12,16H,2-3,6-11,13H2,1H3,(H,21,22);1H. The maximum atomic E-state index is 6.09. The number of aliphatic imine (C=N–C) groups is 1. The molecular formula is C18H27BrClIN4. The van der Waals surface area contributed by atoms with Crippen molar-refractivity contribution in [1.29, 1.82) is 0 Å². The number of hydrogen-bond donors (Lipinski definition) is 1. The number of halogens is 3. The molecule has 1 unspecified atom stereocenters. The van der Waals surface area contributed by atoms with Crippen LogP contribution in [0, 0.1) is 0 Å². The normalized spacial score (nSPS) is 21.5. The van der Waals surface area contributed by atoms with E-state index >= 15 is 0 Å². The van der Waals surface area contributed by atoms with Gasteiger partial charge in [-0.1, -0.05) is 27.5 Å². The summed E-state index contributed by atoms with van der Waals surface area (Å²) >= 11 is 9.68. The summed E-state index contributed by atoms with van der Waals surface area (Å²) in [6.45, 7) is 5.60. The minimum Gasteiger partial charge on any atom is -0.356 e. The molecule has 0 spiro atoms. The van der Waals surface area contributed by atoms with Crippen molar-refractivity contribution in [1.82, 2.24) is 15.1 Å². The Bertz CT molecular complexity index is 592. The Morgan fingerprint density at radius 3 is 2.80 bits per heavy atom. The summed E-state index contributed by atoms with van der Waals surface area (Å²) in [4.78, 5) is 9.53. The fourth-order valence-electron chi connectivity index (χ4n) is 3.72. The summed E-state index contributed by atoms with van der Waals surface area (Å²) in [6.07, 6.45) is 4.89. The lowest BCUT2D eigenvalue weighted by molar-refractivity contribution is 0.249. The van der Waals surface area contributed by atoms with Crippen molar-refractivity contribution in [2.24, 2.45) is 4.99 Å². The Kier molecular flexibility index (Phi) is 8.78. The number of likely N-dealkylation sites (tertiary alicyclic amines) is 2. The van der Waals surface area contributed by atoms with E-state index in [1.807, 2.05) is 25.2 Å². The molecule has 0 aliphatic carbocycles. The van der Waals surface area contributed by atoms with Gasteiger partial charge in [-0.25, -0.2) is 0 Å². The third kappa shape index (κ3) is 5.71. The van der Waals surface area contributed by atoms with Crippen LogP contribution >= 0.6 is 51.5 Å². The molecule has 25 heavy (non-hydrogen) atoms. The Hall–Kier alpha value is -0.0500. The zero-order valence-corrected chi connectivity index (χ0v) is 19.4. The first-order chi connectivity index (χ1) is 11.7. The van der Waals surface area contributed by atoms with Crippen LogP contribution in [-0.2, 0) is 6.42 Å². The molecule has 2 heterocycles. The quantitative estimate of drug-likeness (QED) is 0.355. The fourth-order valence-corrected chi connectivity index (χ4v) is 4.35. The summed E-state index contributed by atoms with van der Waals surface area (Å²) in [5.41, 5.74) is 1.22. The molecule has 2 aliphatic heterocycles. The van der Waals surface area contributed by atoms with Crippen molar-refractivity contribution in [3.63, 3.8) is 0 Å². The Labute approximate surface area is 181 Å². The van der Waals surface area contributed by atoms with Gasteiger partial charge in [0.05, 0.1) is 0 Å². The maximum absolute atomic E-state index is 6.09. The van der Waals surface area contributed by atoms with Crippen LogP contribution in [0.15, 0.2) is 27.7 Å². The van der Waals surface area contributed by atoms with Crippen LogP contribution in [0.4, 0.5) is 0 Å². The predicted octanol–water partition coefficient (Wildman–Crippen LogP) is 4.01. The Morgan fingerprint density at radius 1 is 1.32 bits per heavy atom. The van der Waals surface area contributed by atoms with Gasteiger partial charge >= 0.3 is 0 Å². The molecule has 140 valence electrons. The average molecular weight is 542 g/mol. The zero-order valence-electron chi connectivity index (χ0n) is 14.7. The van der Waals surface area contributed by atoms with E-state index in [2.05, 4.69) is 36.0 Å². The number of nitrogens with zero attached hydrogens (tertiary/aromatic N) is 3. The van der Waals surface area contributed by atoms with E-state index in [-0.39, 0.29) is 24.0 Å². The Balaban J connectivity index is 0.00000225. The highest BCUT2D eigenvalue weighted by Crippen LogP contribution is 2.22. The molecule has 0 saturated carbocycles. The van der Waals surface area contributed by atoms with Crippen molar-refractivity contribution in [3.05, 3.63) is 33.3 Å². The minimum atomic E-state index is 0. The highest BCUT2D eigenvalue weighted by Gasteiger charge is 2.30. The van der Waals surface area contributed by atoms with E-state index in [0.717, 1.165) is 41.5 Å². The minimum absolute atomic E-state index is 0. The lowest BCUT2D eigenvalue weighted by atomic mass is 10.1. The molecule has 2 fully saturated rings. The van der Waals surface area contributed by atoms with Gasteiger partial charge in [-0.15, -0.1) is 24.0 Å². The van der Waals surface area contributed by atoms with Gasteiger partial charge in [-0.3, -0.25) is 9.89 Å². The molecule has 0 amide bonds. The third-order valence-corrected chi connectivity index (χ3v) is 6.03. The molecular weight excluding hydrogens is 514 g/mol. The SMILES string of the molecule is CN=C(NCCc1cc(Cl)ccc1Br)N1CCC(N2CCCC2)C1.I. The van der Waals surface area contributed by atoms with Gasteiger partial charge in [0.2, 0.25) is 0 Å². The van der Waals surface area contributed by atoms with Crippen molar-refractivity contribution >= 4 is 57.5 Å². The maximum Gasteiger partial charge on any atom is 0.193 e. The van der Waals surface area contributed by atoms with Gasteiger partial charge < -0.3 is 10.2 Å². The molecule has 1 aromatic rings. The first kappa shape index (κ1) is 21.3. The van der Waals surface area contributed by atoms with Gasteiger partial charge in [0.1, 0.15) is 0 Å². The van der Waals surface area contributed by atoms with Crippen molar-refractivity contribution < 1.29 is 0 Å². The fraction of sp³-hybridized carbons (Fsp3) is 0.611. The first-order valence-corrected chi connectivity index (χ1v) is 9.98. The van der Waals surface area contributed by atoms with Crippen molar-refractivity contribution in [2.45, 2.75) is 31.7 Å². The lowest BCUT2D eigenvalue weighted by Crippen LogP contribution is -2.43. The predicted molar refractivity (Wildman–Crippen MR) is 120 cm³/mol. The van der Waals surface area contributed by atoms with Gasteiger partial charge in [-0.2, -0.15) is 0 Å².